The Labute approximate surface area is 210 Å². The first-order chi connectivity index (χ1) is 17.6. The van der Waals surface area contributed by atoms with Crippen LogP contribution in [-0.2, 0) is 11.2 Å². The minimum absolute atomic E-state index is 0.115. The number of rotatable bonds is 11. The minimum atomic E-state index is -0.739. The molecule has 0 saturated carbocycles. The molecule has 0 amide bonds. The smallest absolute Gasteiger partial charge is 0.303 e. The molecule has 8 heteroatoms. The summed E-state index contributed by atoms with van der Waals surface area (Å²) in [4.78, 5) is 22.7. The van der Waals surface area contributed by atoms with E-state index in [1.54, 1.807) is 6.20 Å². The number of aromatic nitrogens is 2. The number of aliphatic carboxylic acids is 1. The average Bonchev–Trinajstić information content (AvgIpc) is 3.52. The molecule has 8 nitrogen and oxygen atoms in total. The highest BCUT2D eigenvalue weighted by molar-refractivity contribution is 5.68. The van der Waals surface area contributed by atoms with Crippen LogP contribution in [0.2, 0.25) is 0 Å². The molecule has 188 valence electrons. The number of nitrogens with zero attached hydrogens (tertiary/aromatic N) is 3. The summed E-state index contributed by atoms with van der Waals surface area (Å²) in [5.41, 5.74) is 3.26. The number of carboxylic acids is 1. The highest BCUT2D eigenvalue weighted by Gasteiger charge is 2.25. The van der Waals surface area contributed by atoms with E-state index in [0.717, 1.165) is 67.2 Å². The van der Waals surface area contributed by atoms with Crippen LogP contribution in [0.1, 0.15) is 49.7 Å². The predicted molar refractivity (Wildman–Crippen MR) is 136 cm³/mol. The van der Waals surface area contributed by atoms with Crippen LogP contribution in [0.25, 0.3) is 11.4 Å². The normalized spacial score (nSPS) is 15.5. The van der Waals surface area contributed by atoms with E-state index in [1.165, 1.54) is 5.56 Å². The summed E-state index contributed by atoms with van der Waals surface area (Å²) in [6, 6.07) is 13.8. The second kappa shape index (κ2) is 10.8. The second-order valence-electron chi connectivity index (χ2n) is 9.19. The molecule has 5 rings (SSSR count). The van der Waals surface area contributed by atoms with Gasteiger partial charge in [-0.25, -0.2) is 9.97 Å². The SMILES string of the molecule is CCCN(CCCOc1ccc2c(c1)CC[C@H]2CC(=O)O)c1ccnc(-c2ccc3c(c2)OCO3)n1. The van der Waals surface area contributed by atoms with Gasteiger partial charge in [-0.15, -0.1) is 0 Å². The van der Waals surface area contributed by atoms with Gasteiger partial charge in [0.25, 0.3) is 0 Å². The summed E-state index contributed by atoms with van der Waals surface area (Å²) < 4.78 is 16.9. The van der Waals surface area contributed by atoms with Gasteiger partial charge in [0, 0.05) is 24.8 Å². The quantitative estimate of drug-likeness (QED) is 0.374. The number of ether oxygens (including phenoxy) is 3. The molecule has 1 N–H and O–H groups in total. The van der Waals surface area contributed by atoms with Crippen LogP contribution in [-0.4, -0.2) is 47.5 Å². The molecular weight excluding hydrogens is 458 g/mol. The van der Waals surface area contributed by atoms with Crippen molar-refractivity contribution in [2.24, 2.45) is 0 Å². The first-order valence-electron chi connectivity index (χ1n) is 12.6. The van der Waals surface area contributed by atoms with Crippen LogP contribution in [0.15, 0.2) is 48.7 Å². The molecule has 1 aliphatic carbocycles. The third-order valence-corrected chi connectivity index (χ3v) is 6.67. The van der Waals surface area contributed by atoms with E-state index in [4.69, 9.17) is 24.3 Å². The monoisotopic (exact) mass is 489 g/mol. The molecule has 2 aliphatic rings. The average molecular weight is 490 g/mol. The standard InChI is InChI=1S/C28H31N3O5/c1-2-12-31(26-10-11-29-28(30-26)21-6-9-24-25(16-21)36-18-35-24)13-3-14-34-22-7-8-23-19(15-22)4-5-20(23)17-27(32)33/h6-11,15-16,20H,2-5,12-14,17-18H2,1H3,(H,32,33)/t20-/m0/s1. The van der Waals surface area contributed by atoms with Crippen molar-refractivity contribution in [1.29, 1.82) is 0 Å². The number of hydrogen-bond acceptors (Lipinski definition) is 7. The van der Waals surface area contributed by atoms with Gasteiger partial charge in [0.05, 0.1) is 13.0 Å². The lowest BCUT2D eigenvalue weighted by atomic mass is 9.98. The van der Waals surface area contributed by atoms with Gasteiger partial charge in [0.2, 0.25) is 6.79 Å². The van der Waals surface area contributed by atoms with Crippen molar-refractivity contribution in [3.8, 4) is 28.6 Å². The fourth-order valence-corrected chi connectivity index (χ4v) is 4.95. The minimum Gasteiger partial charge on any atom is -0.494 e. The number of fused-ring (bicyclic) bond motifs is 2. The van der Waals surface area contributed by atoms with Gasteiger partial charge in [-0.1, -0.05) is 13.0 Å². The first-order valence-corrected chi connectivity index (χ1v) is 12.6. The van der Waals surface area contributed by atoms with Gasteiger partial charge in [-0.3, -0.25) is 4.79 Å². The van der Waals surface area contributed by atoms with E-state index in [9.17, 15) is 4.79 Å². The fourth-order valence-electron chi connectivity index (χ4n) is 4.95. The highest BCUT2D eigenvalue weighted by atomic mass is 16.7. The molecule has 2 heterocycles. The van der Waals surface area contributed by atoms with E-state index in [2.05, 4.69) is 22.9 Å². The lowest BCUT2D eigenvalue weighted by Crippen LogP contribution is -2.27. The summed E-state index contributed by atoms with van der Waals surface area (Å²) in [7, 11) is 0. The van der Waals surface area contributed by atoms with E-state index < -0.39 is 5.97 Å². The summed E-state index contributed by atoms with van der Waals surface area (Å²) in [6.45, 7) is 4.70. The Bertz CT molecular complexity index is 1230. The van der Waals surface area contributed by atoms with Crippen molar-refractivity contribution in [2.45, 2.75) is 44.9 Å². The topological polar surface area (TPSA) is 94.0 Å². The van der Waals surface area contributed by atoms with Crippen molar-refractivity contribution >= 4 is 11.8 Å². The molecule has 0 fully saturated rings. The van der Waals surface area contributed by atoms with Gasteiger partial charge in [0.15, 0.2) is 17.3 Å². The van der Waals surface area contributed by atoms with E-state index in [-0.39, 0.29) is 19.1 Å². The summed E-state index contributed by atoms with van der Waals surface area (Å²) >= 11 is 0. The van der Waals surface area contributed by atoms with Crippen LogP contribution >= 0.6 is 0 Å². The fraction of sp³-hybridized carbons (Fsp3) is 0.393. The van der Waals surface area contributed by atoms with Gasteiger partial charge in [0.1, 0.15) is 11.6 Å². The van der Waals surface area contributed by atoms with E-state index in [0.29, 0.717) is 18.2 Å². The zero-order chi connectivity index (χ0) is 24.9. The third-order valence-electron chi connectivity index (χ3n) is 6.67. The molecule has 2 aromatic carbocycles. The largest absolute Gasteiger partial charge is 0.494 e. The van der Waals surface area contributed by atoms with Crippen LogP contribution < -0.4 is 19.1 Å². The Hall–Kier alpha value is -3.81. The first kappa shape index (κ1) is 23.9. The second-order valence-corrected chi connectivity index (χ2v) is 9.19. The Morgan fingerprint density at radius 1 is 1.14 bits per heavy atom. The molecular formula is C28H31N3O5. The van der Waals surface area contributed by atoms with E-state index in [1.807, 2.05) is 36.4 Å². The van der Waals surface area contributed by atoms with Crippen LogP contribution in [0.4, 0.5) is 5.82 Å². The lowest BCUT2D eigenvalue weighted by Gasteiger charge is -2.23. The van der Waals surface area contributed by atoms with Crippen LogP contribution in [0.5, 0.6) is 17.2 Å². The molecule has 0 spiro atoms. The Kier molecular flexibility index (Phi) is 7.21. The zero-order valence-electron chi connectivity index (χ0n) is 20.5. The molecule has 0 unspecified atom stereocenters. The molecule has 36 heavy (non-hydrogen) atoms. The van der Waals surface area contributed by atoms with Crippen LogP contribution in [0.3, 0.4) is 0 Å². The van der Waals surface area contributed by atoms with Crippen molar-refractivity contribution in [3.05, 3.63) is 59.8 Å². The Balaban J connectivity index is 1.19. The number of aryl methyl sites for hydroxylation is 1. The van der Waals surface area contributed by atoms with Gasteiger partial charge in [-0.2, -0.15) is 0 Å². The number of benzene rings is 2. The maximum atomic E-state index is 11.1. The molecule has 1 aliphatic heterocycles. The van der Waals surface area contributed by atoms with Crippen molar-refractivity contribution in [1.82, 2.24) is 9.97 Å². The molecule has 0 saturated heterocycles. The Morgan fingerprint density at radius 3 is 2.89 bits per heavy atom. The molecule has 0 radical (unpaired) electrons. The molecule has 1 atom stereocenters. The summed E-state index contributed by atoms with van der Waals surface area (Å²) in [5.74, 6) is 3.22. The molecule has 3 aromatic rings. The number of hydrogen-bond donors (Lipinski definition) is 1. The predicted octanol–water partition coefficient (Wildman–Crippen LogP) is 5.06. The number of anilines is 1. The summed E-state index contributed by atoms with van der Waals surface area (Å²) in [5, 5.41) is 9.12. The third kappa shape index (κ3) is 5.37. The Morgan fingerprint density at radius 2 is 2.03 bits per heavy atom. The summed E-state index contributed by atoms with van der Waals surface area (Å²) in [6.07, 6.45) is 5.65. The van der Waals surface area contributed by atoms with Gasteiger partial charge in [-0.05, 0) is 79.1 Å². The molecule has 1 aromatic heterocycles. The van der Waals surface area contributed by atoms with E-state index >= 15 is 0 Å². The number of carbonyl (C=O) groups is 1. The number of carboxylic acid groups (broad SMARTS) is 1. The highest BCUT2D eigenvalue weighted by Crippen LogP contribution is 2.37. The lowest BCUT2D eigenvalue weighted by molar-refractivity contribution is -0.137. The molecule has 0 bridgehead atoms. The van der Waals surface area contributed by atoms with Gasteiger partial charge >= 0.3 is 5.97 Å². The van der Waals surface area contributed by atoms with Crippen LogP contribution in [0, 0.1) is 0 Å². The maximum absolute atomic E-state index is 11.1. The van der Waals surface area contributed by atoms with Gasteiger partial charge < -0.3 is 24.2 Å². The maximum Gasteiger partial charge on any atom is 0.303 e. The van der Waals surface area contributed by atoms with Crippen molar-refractivity contribution in [2.75, 3.05) is 31.4 Å². The zero-order valence-corrected chi connectivity index (χ0v) is 20.5. The van der Waals surface area contributed by atoms with Crippen molar-refractivity contribution in [3.63, 3.8) is 0 Å². The van der Waals surface area contributed by atoms with Crippen molar-refractivity contribution < 1.29 is 24.1 Å².